The lowest BCUT2D eigenvalue weighted by Gasteiger charge is -2.21. The summed E-state index contributed by atoms with van der Waals surface area (Å²) in [5.41, 5.74) is 3.25. The van der Waals surface area contributed by atoms with Crippen LogP contribution in [0.3, 0.4) is 0 Å². The van der Waals surface area contributed by atoms with Gasteiger partial charge in [-0.1, -0.05) is 48.5 Å². The molecule has 0 fully saturated rings. The number of hydrogen-bond acceptors (Lipinski definition) is 4. The molecule has 0 aliphatic carbocycles. The van der Waals surface area contributed by atoms with Crippen molar-refractivity contribution in [3.05, 3.63) is 77.9 Å². The highest BCUT2D eigenvalue weighted by Crippen LogP contribution is 2.33. The molecule has 1 heterocycles. The van der Waals surface area contributed by atoms with E-state index in [-0.39, 0.29) is 12.6 Å². The second kappa shape index (κ2) is 7.00. The Morgan fingerprint density at radius 3 is 2.58 bits per heavy atom. The number of hydrogen-bond donors (Lipinski definition) is 0. The predicted molar refractivity (Wildman–Crippen MR) is 104 cm³/mol. The molecule has 0 amide bonds. The molecule has 3 aromatic rings. The van der Waals surface area contributed by atoms with Crippen LogP contribution in [0.1, 0.15) is 23.6 Å². The first-order valence-corrected chi connectivity index (χ1v) is 8.69. The largest absolute Gasteiger partial charge is 0.497 e. The van der Waals surface area contributed by atoms with Gasteiger partial charge in [0.05, 0.1) is 25.4 Å². The first kappa shape index (κ1) is 16.3. The molecule has 4 nitrogen and oxygen atoms in total. The monoisotopic (exact) mass is 344 g/mol. The molecule has 4 rings (SSSR count). The Morgan fingerprint density at radius 2 is 1.85 bits per heavy atom. The van der Waals surface area contributed by atoms with Crippen LogP contribution < -0.4 is 4.74 Å². The van der Waals surface area contributed by atoms with Crippen molar-refractivity contribution in [1.82, 2.24) is 5.01 Å². The molecule has 3 aromatic carbocycles. The van der Waals surface area contributed by atoms with E-state index in [1.807, 2.05) is 41.4 Å². The lowest BCUT2D eigenvalue weighted by molar-refractivity contribution is -0.109. The maximum Gasteiger partial charge on any atom is 0.141 e. The SMILES string of the molecule is COc1ccc(C2CC(c3ccc4ccccc4c3)=NN2CC=O)cc1. The summed E-state index contributed by atoms with van der Waals surface area (Å²) >= 11 is 0. The highest BCUT2D eigenvalue weighted by atomic mass is 16.5. The van der Waals surface area contributed by atoms with Crippen molar-refractivity contribution in [2.75, 3.05) is 13.7 Å². The van der Waals surface area contributed by atoms with Crippen LogP contribution in [0.5, 0.6) is 5.75 Å². The highest BCUT2D eigenvalue weighted by molar-refractivity contribution is 6.04. The molecular formula is C22H20N2O2. The summed E-state index contributed by atoms with van der Waals surface area (Å²) in [7, 11) is 1.66. The Balaban J connectivity index is 1.65. The van der Waals surface area contributed by atoms with Gasteiger partial charge in [-0.2, -0.15) is 5.10 Å². The lowest BCUT2D eigenvalue weighted by Crippen LogP contribution is -2.21. The van der Waals surface area contributed by atoms with Gasteiger partial charge in [-0.05, 0) is 40.1 Å². The third kappa shape index (κ3) is 3.06. The van der Waals surface area contributed by atoms with Gasteiger partial charge in [0, 0.05) is 6.42 Å². The summed E-state index contributed by atoms with van der Waals surface area (Å²) in [5.74, 6) is 0.823. The van der Waals surface area contributed by atoms with E-state index >= 15 is 0 Å². The number of aldehydes is 1. The van der Waals surface area contributed by atoms with Gasteiger partial charge in [0.25, 0.3) is 0 Å². The molecular weight excluding hydrogens is 324 g/mol. The van der Waals surface area contributed by atoms with Crippen LogP contribution in [0.25, 0.3) is 10.8 Å². The van der Waals surface area contributed by atoms with E-state index in [2.05, 4.69) is 30.3 Å². The van der Waals surface area contributed by atoms with E-state index in [0.717, 1.165) is 35.3 Å². The molecule has 0 saturated carbocycles. The number of nitrogens with zero attached hydrogens (tertiary/aromatic N) is 2. The number of carbonyl (C=O) groups excluding carboxylic acids is 1. The summed E-state index contributed by atoms with van der Waals surface area (Å²) in [4.78, 5) is 11.1. The minimum absolute atomic E-state index is 0.0626. The zero-order valence-corrected chi connectivity index (χ0v) is 14.6. The standard InChI is InChI=1S/C22H20N2O2/c1-26-20-10-8-17(9-11-20)22-15-21(23-24(22)12-13-25)19-7-6-16-4-2-3-5-18(16)14-19/h2-11,13-14,22H,12,15H2,1H3. The van der Waals surface area contributed by atoms with Gasteiger partial charge in [-0.15, -0.1) is 0 Å². The molecule has 0 N–H and O–H groups in total. The zero-order chi connectivity index (χ0) is 17.9. The number of benzene rings is 3. The molecule has 26 heavy (non-hydrogen) atoms. The molecule has 1 aliphatic heterocycles. The molecule has 0 spiro atoms. The molecule has 130 valence electrons. The Labute approximate surface area is 152 Å². The van der Waals surface area contributed by atoms with Gasteiger partial charge in [-0.3, -0.25) is 5.01 Å². The van der Waals surface area contributed by atoms with Crippen LogP contribution in [0.4, 0.5) is 0 Å². The van der Waals surface area contributed by atoms with E-state index < -0.39 is 0 Å². The fourth-order valence-corrected chi connectivity index (χ4v) is 3.46. The topological polar surface area (TPSA) is 41.9 Å². The number of rotatable bonds is 5. The van der Waals surface area contributed by atoms with Gasteiger partial charge in [0.2, 0.25) is 0 Å². The van der Waals surface area contributed by atoms with E-state index in [0.29, 0.717) is 0 Å². The quantitative estimate of drug-likeness (QED) is 0.652. The van der Waals surface area contributed by atoms with Crippen molar-refractivity contribution in [2.45, 2.75) is 12.5 Å². The molecule has 1 aliphatic rings. The van der Waals surface area contributed by atoms with Crippen LogP contribution in [0, 0.1) is 0 Å². The van der Waals surface area contributed by atoms with E-state index in [1.165, 1.54) is 10.8 Å². The van der Waals surface area contributed by atoms with E-state index in [1.54, 1.807) is 7.11 Å². The Kier molecular flexibility index (Phi) is 4.40. The normalized spacial score (nSPS) is 16.6. The van der Waals surface area contributed by atoms with Crippen molar-refractivity contribution in [2.24, 2.45) is 5.10 Å². The van der Waals surface area contributed by atoms with Crippen molar-refractivity contribution in [3.8, 4) is 5.75 Å². The summed E-state index contributed by atoms with van der Waals surface area (Å²) in [6.45, 7) is 0.285. The first-order valence-electron chi connectivity index (χ1n) is 8.69. The molecule has 0 aromatic heterocycles. The van der Waals surface area contributed by atoms with Crippen molar-refractivity contribution in [3.63, 3.8) is 0 Å². The van der Waals surface area contributed by atoms with Crippen LogP contribution in [-0.4, -0.2) is 30.7 Å². The average molecular weight is 344 g/mol. The summed E-state index contributed by atoms with van der Waals surface area (Å²) in [6, 6.07) is 22.7. The number of hydrazone groups is 1. The number of ether oxygens (including phenoxy) is 1. The summed E-state index contributed by atoms with van der Waals surface area (Å²) < 4.78 is 5.24. The maximum atomic E-state index is 11.1. The van der Waals surface area contributed by atoms with Crippen LogP contribution in [0.2, 0.25) is 0 Å². The smallest absolute Gasteiger partial charge is 0.141 e. The van der Waals surface area contributed by atoms with Crippen molar-refractivity contribution >= 4 is 22.8 Å². The second-order valence-electron chi connectivity index (χ2n) is 6.39. The van der Waals surface area contributed by atoms with Crippen molar-refractivity contribution < 1.29 is 9.53 Å². The van der Waals surface area contributed by atoms with Gasteiger partial charge in [0.15, 0.2) is 0 Å². The number of carbonyl (C=O) groups is 1. The van der Waals surface area contributed by atoms with E-state index in [4.69, 9.17) is 9.84 Å². The molecule has 0 saturated heterocycles. The molecule has 1 atom stereocenters. The zero-order valence-electron chi connectivity index (χ0n) is 14.6. The van der Waals surface area contributed by atoms with Crippen LogP contribution >= 0.6 is 0 Å². The van der Waals surface area contributed by atoms with Gasteiger partial charge in [0.1, 0.15) is 12.0 Å². The Hall–Kier alpha value is -3.14. The van der Waals surface area contributed by atoms with E-state index in [9.17, 15) is 4.79 Å². The summed E-state index contributed by atoms with van der Waals surface area (Å²) in [6.07, 6.45) is 1.68. The summed E-state index contributed by atoms with van der Waals surface area (Å²) in [5, 5.41) is 9.03. The first-order chi connectivity index (χ1) is 12.8. The molecule has 1 unspecified atom stereocenters. The second-order valence-corrected chi connectivity index (χ2v) is 6.39. The van der Waals surface area contributed by atoms with Gasteiger partial charge < -0.3 is 9.53 Å². The van der Waals surface area contributed by atoms with Gasteiger partial charge in [-0.25, -0.2) is 0 Å². The highest BCUT2D eigenvalue weighted by Gasteiger charge is 2.28. The minimum atomic E-state index is 0.0626. The molecule has 0 bridgehead atoms. The minimum Gasteiger partial charge on any atom is -0.497 e. The number of fused-ring (bicyclic) bond motifs is 1. The van der Waals surface area contributed by atoms with Gasteiger partial charge >= 0.3 is 0 Å². The van der Waals surface area contributed by atoms with Crippen molar-refractivity contribution in [1.29, 1.82) is 0 Å². The lowest BCUT2D eigenvalue weighted by atomic mass is 9.97. The van der Waals surface area contributed by atoms with Crippen LogP contribution in [-0.2, 0) is 4.79 Å². The fourth-order valence-electron chi connectivity index (χ4n) is 3.46. The molecule has 0 radical (unpaired) electrons. The Morgan fingerprint density at radius 1 is 1.08 bits per heavy atom. The predicted octanol–water partition coefficient (Wildman–Crippen LogP) is 4.20. The fraction of sp³-hybridized carbons (Fsp3) is 0.182. The third-order valence-corrected chi connectivity index (χ3v) is 4.84. The molecule has 4 heteroatoms. The third-order valence-electron chi connectivity index (χ3n) is 4.84. The van der Waals surface area contributed by atoms with Crippen LogP contribution in [0.15, 0.2) is 71.8 Å². The average Bonchev–Trinajstić information content (AvgIpc) is 3.12. The Bertz CT molecular complexity index is 963. The maximum absolute atomic E-state index is 11.1. The number of methoxy groups -OCH3 is 1.